The lowest BCUT2D eigenvalue weighted by atomic mass is 10.2. The van der Waals surface area contributed by atoms with E-state index in [1.807, 2.05) is 0 Å². The van der Waals surface area contributed by atoms with Gasteiger partial charge in [-0.15, -0.1) is 0 Å². The van der Waals surface area contributed by atoms with Crippen molar-refractivity contribution in [1.29, 1.82) is 0 Å². The van der Waals surface area contributed by atoms with Crippen LogP contribution in [0.1, 0.15) is 38.5 Å². The highest BCUT2D eigenvalue weighted by Gasteiger charge is 2.01. The van der Waals surface area contributed by atoms with Gasteiger partial charge in [0.25, 0.3) is 0 Å². The van der Waals surface area contributed by atoms with E-state index < -0.39 is 0 Å². The summed E-state index contributed by atoms with van der Waals surface area (Å²) in [6.07, 6.45) is 7.19. The van der Waals surface area contributed by atoms with Crippen molar-refractivity contribution in [2.75, 3.05) is 26.2 Å². The average Bonchev–Trinajstić information content (AvgIpc) is 2.11. The molecule has 0 unspecified atom stereocenters. The van der Waals surface area contributed by atoms with Gasteiger partial charge >= 0.3 is 0 Å². The fraction of sp³-hybridized carbons (Fsp3) is 1.00. The monoisotopic (exact) mass is 186 g/mol. The molecular weight excluding hydrogens is 164 g/mol. The van der Waals surface area contributed by atoms with Crippen LogP contribution < -0.4 is 5.32 Å². The molecule has 1 saturated heterocycles. The van der Waals surface area contributed by atoms with E-state index in [1.165, 1.54) is 30.7 Å². The minimum Gasteiger partial charge on any atom is -0.317 e. The van der Waals surface area contributed by atoms with Crippen molar-refractivity contribution in [2.45, 2.75) is 38.5 Å². The molecule has 0 bridgehead atoms. The molecule has 0 spiro atoms. The Balaban J connectivity index is 2.11. The molecule has 3 nitrogen and oxygen atoms in total. The Bertz CT molecular complexity index is 107. The minimum atomic E-state index is 0.847. The second kappa shape index (κ2) is 7.30. The molecule has 0 aromatic rings. The van der Waals surface area contributed by atoms with Crippen molar-refractivity contribution in [2.24, 2.45) is 0 Å². The predicted octanol–water partition coefficient (Wildman–Crippen LogP) is 1.62. The molecule has 0 aliphatic carbocycles. The summed E-state index contributed by atoms with van der Waals surface area (Å²) in [5.74, 6) is 0. The summed E-state index contributed by atoms with van der Waals surface area (Å²) in [5.41, 5.74) is 0. The highest BCUT2D eigenvalue weighted by atomic mass is 16.5. The molecule has 0 amide bonds. The number of rotatable bonds is 0. The van der Waals surface area contributed by atoms with E-state index in [0.29, 0.717) is 0 Å². The number of hydrogen-bond acceptors (Lipinski definition) is 3. The van der Waals surface area contributed by atoms with E-state index in [4.69, 9.17) is 0 Å². The van der Waals surface area contributed by atoms with Gasteiger partial charge in [0.1, 0.15) is 0 Å². The molecule has 1 fully saturated rings. The van der Waals surface area contributed by atoms with Crippen LogP contribution in [-0.4, -0.2) is 36.4 Å². The molecular formula is C10H22N2O. The molecule has 0 aromatic heterocycles. The summed E-state index contributed by atoms with van der Waals surface area (Å²) in [6, 6.07) is 0. The Morgan fingerprint density at radius 2 is 1.31 bits per heavy atom. The topological polar surface area (TPSA) is 35.5 Å². The van der Waals surface area contributed by atoms with Gasteiger partial charge in [-0.2, -0.15) is 5.06 Å². The molecule has 1 heterocycles. The van der Waals surface area contributed by atoms with Crippen LogP contribution >= 0.6 is 0 Å². The van der Waals surface area contributed by atoms with E-state index >= 15 is 0 Å². The maximum atomic E-state index is 9.41. The first kappa shape index (κ1) is 11.0. The van der Waals surface area contributed by atoms with Crippen LogP contribution in [0.5, 0.6) is 0 Å². The van der Waals surface area contributed by atoms with Crippen LogP contribution in [0.15, 0.2) is 0 Å². The molecule has 1 aliphatic heterocycles. The van der Waals surface area contributed by atoms with Crippen molar-refractivity contribution in [3.63, 3.8) is 0 Å². The van der Waals surface area contributed by atoms with Crippen LogP contribution in [0, 0.1) is 0 Å². The maximum absolute atomic E-state index is 9.41. The van der Waals surface area contributed by atoms with Gasteiger partial charge in [-0.05, 0) is 38.8 Å². The summed E-state index contributed by atoms with van der Waals surface area (Å²) >= 11 is 0. The first-order valence-electron chi connectivity index (χ1n) is 5.54. The standard InChI is InChI=1S/C10H22N2O/c13-12-9-5-1-3-7-11-8-4-2-6-10-12/h11,13H,1-10H2. The van der Waals surface area contributed by atoms with Gasteiger partial charge in [0.05, 0.1) is 0 Å². The van der Waals surface area contributed by atoms with Crippen molar-refractivity contribution in [3.8, 4) is 0 Å². The lowest BCUT2D eigenvalue weighted by Crippen LogP contribution is -2.23. The van der Waals surface area contributed by atoms with Gasteiger partial charge in [-0.1, -0.05) is 12.8 Å². The lowest BCUT2D eigenvalue weighted by molar-refractivity contribution is -0.0925. The largest absolute Gasteiger partial charge is 0.317 e. The van der Waals surface area contributed by atoms with E-state index in [2.05, 4.69) is 5.32 Å². The zero-order chi connectivity index (χ0) is 9.36. The number of nitrogens with one attached hydrogen (secondary N) is 1. The number of nitrogens with zero attached hydrogens (tertiary/aromatic N) is 1. The zero-order valence-electron chi connectivity index (χ0n) is 8.47. The third-order valence-corrected chi connectivity index (χ3v) is 2.54. The fourth-order valence-electron chi connectivity index (χ4n) is 1.68. The average molecular weight is 186 g/mol. The van der Waals surface area contributed by atoms with Crippen LogP contribution in [0.4, 0.5) is 0 Å². The highest BCUT2D eigenvalue weighted by molar-refractivity contribution is 4.55. The Hall–Kier alpha value is -0.120. The van der Waals surface area contributed by atoms with Gasteiger partial charge in [0.2, 0.25) is 0 Å². The van der Waals surface area contributed by atoms with E-state index in [1.54, 1.807) is 0 Å². The smallest absolute Gasteiger partial charge is 0.0238 e. The van der Waals surface area contributed by atoms with Crippen LogP contribution in [0.2, 0.25) is 0 Å². The molecule has 3 heteroatoms. The molecule has 2 N–H and O–H groups in total. The van der Waals surface area contributed by atoms with Crippen molar-refractivity contribution in [3.05, 3.63) is 0 Å². The van der Waals surface area contributed by atoms with Gasteiger partial charge in [0.15, 0.2) is 0 Å². The van der Waals surface area contributed by atoms with Gasteiger partial charge < -0.3 is 10.5 Å². The summed E-state index contributed by atoms with van der Waals surface area (Å²) in [5, 5.41) is 14.3. The molecule has 1 aliphatic rings. The lowest BCUT2D eigenvalue weighted by Gasteiger charge is -2.15. The number of hydrogen-bond donors (Lipinski definition) is 2. The third-order valence-electron chi connectivity index (χ3n) is 2.54. The van der Waals surface area contributed by atoms with Crippen LogP contribution in [-0.2, 0) is 0 Å². The first-order chi connectivity index (χ1) is 6.39. The molecule has 1 rings (SSSR count). The highest BCUT2D eigenvalue weighted by Crippen LogP contribution is 2.01. The van der Waals surface area contributed by atoms with E-state index in [9.17, 15) is 5.21 Å². The Morgan fingerprint density at radius 1 is 0.769 bits per heavy atom. The second-order valence-electron chi connectivity index (χ2n) is 3.82. The Kier molecular flexibility index (Phi) is 6.15. The quantitative estimate of drug-likeness (QED) is 0.603. The van der Waals surface area contributed by atoms with Crippen LogP contribution in [0.25, 0.3) is 0 Å². The molecule has 0 saturated carbocycles. The summed E-state index contributed by atoms with van der Waals surface area (Å²) in [4.78, 5) is 0. The third kappa shape index (κ3) is 6.02. The summed E-state index contributed by atoms with van der Waals surface area (Å²) in [6.45, 7) is 3.98. The van der Waals surface area contributed by atoms with Gasteiger partial charge in [-0.3, -0.25) is 0 Å². The summed E-state index contributed by atoms with van der Waals surface area (Å²) in [7, 11) is 0. The Labute approximate surface area is 81.1 Å². The molecule has 78 valence electrons. The van der Waals surface area contributed by atoms with Crippen molar-refractivity contribution < 1.29 is 5.21 Å². The summed E-state index contributed by atoms with van der Waals surface area (Å²) < 4.78 is 0. The normalized spacial score (nSPS) is 24.7. The number of hydroxylamine groups is 2. The SMILES string of the molecule is ON1CCCCCNCCCCC1. The van der Waals surface area contributed by atoms with Crippen molar-refractivity contribution >= 4 is 0 Å². The fourth-order valence-corrected chi connectivity index (χ4v) is 1.68. The van der Waals surface area contributed by atoms with Crippen molar-refractivity contribution in [1.82, 2.24) is 10.4 Å². The zero-order valence-corrected chi connectivity index (χ0v) is 8.47. The van der Waals surface area contributed by atoms with Gasteiger partial charge in [0, 0.05) is 13.1 Å². The maximum Gasteiger partial charge on any atom is 0.0238 e. The molecule has 0 atom stereocenters. The Morgan fingerprint density at radius 3 is 1.85 bits per heavy atom. The van der Waals surface area contributed by atoms with E-state index in [-0.39, 0.29) is 0 Å². The van der Waals surface area contributed by atoms with Gasteiger partial charge in [-0.25, -0.2) is 0 Å². The minimum absolute atomic E-state index is 0.847. The predicted molar refractivity (Wildman–Crippen MR) is 53.9 cm³/mol. The molecule has 13 heavy (non-hydrogen) atoms. The van der Waals surface area contributed by atoms with E-state index in [0.717, 1.165) is 39.0 Å². The molecule has 0 aromatic carbocycles. The first-order valence-corrected chi connectivity index (χ1v) is 5.54. The van der Waals surface area contributed by atoms with Crippen LogP contribution in [0.3, 0.4) is 0 Å². The molecule has 0 radical (unpaired) electrons. The second-order valence-corrected chi connectivity index (χ2v) is 3.82.